The third kappa shape index (κ3) is 2.95. The number of imidazole rings is 1. The summed E-state index contributed by atoms with van der Waals surface area (Å²) in [6.07, 6.45) is 5.49. The minimum atomic E-state index is 0.153. The number of nitrogens with one attached hydrogen (secondary N) is 1. The van der Waals surface area contributed by atoms with E-state index in [0.29, 0.717) is 0 Å². The lowest BCUT2D eigenvalue weighted by Gasteiger charge is -2.40. The maximum Gasteiger partial charge on any atom is 0.137 e. The van der Waals surface area contributed by atoms with Crippen molar-refractivity contribution in [2.45, 2.75) is 25.5 Å². The molecule has 1 aliphatic heterocycles. The molecule has 0 saturated carbocycles. The molecule has 1 aliphatic rings. The molecule has 1 saturated heterocycles. The van der Waals surface area contributed by atoms with Crippen LogP contribution in [0.4, 0.5) is 0 Å². The highest BCUT2D eigenvalue weighted by atomic mass is 16.5. The Morgan fingerprint density at radius 1 is 1.43 bits per heavy atom. The highest BCUT2D eigenvalue weighted by Gasteiger charge is 2.34. The summed E-state index contributed by atoms with van der Waals surface area (Å²) < 4.78 is 8.09. The minimum Gasteiger partial charge on any atom is -0.374 e. The van der Waals surface area contributed by atoms with E-state index >= 15 is 0 Å². The SMILES string of the molecule is CCCN1CCOC(CNC)C1c1cn2ccccc2n1. The fraction of sp³-hybridized carbons (Fsp3) is 0.562. The number of hydrogen-bond donors (Lipinski definition) is 1. The molecule has 2 aromatic rings. The van der Waals surface area contributed by atoms with Crippen LogP contribution in [0.25, 0.3) is 5.65 Å². The van der Waals surface area contributed by atoms with Crippen LogP contribution in [0.2, 0.25) is 0 Å². The summed E-state index contributed by atoms with van der Waals surface area (Å²) in [5.41, 5.74) is 2.10. The van der Waals surface area contributed by atoms with Crippen LogP contribution in [0.1, 0.15) is 25.1 Å². The molecule has 0 bridgehead atoms. The van der Waals surface area contributed by atoms with Gasteiger partial charge in [-0.2, -0.15) is 0 Å². The van der Waals surface area contributed by atoms with E-state index in [4.69, 9.17) is 9.72 Å². The number of morpholine rings is 1. The number of rotatable bonds is 5. The van der Waals surface area contributed by atoms with Crippen LogP contribution in [0.3, 0.4) is 0 Å². The van der Waals surface area contributed by atoms with Gasteiger partial charge < -0.3 is 14.5 Å². The highest BCUT2D eigenvalue weighted by Crippen LogP contribution is 2.29. The van der Waals surface area contributed by atoms with Crippen molar-refractivity contribution in [2.75, 3.05) is 33.3 Å². The van der Waals surface area contributed by atoms with E-state index in [9.17, 15) is 0 Å². The first-order valence-electron chi connectivity index (χ1n) is 7.77. The minimum absolute atomic E-state index is 0.153. The van der Waals surface area contributed by atoms with Crippen LogP contribution < -0.4 is 5.32 Å². The third-order valence-corrected chi connectivity index (χ3v) is 4.06. The van der Waals surface area contributed by atoms with E-state index in [1.807, 2.05) is 31.4 Å². The normalized spacial score (nSPS) is 23.7. The smallest absolute Gasteiger partial charge is 0.137 e. The van der Waals surface area contributed by atoms with E-state index in [-0.39, 0.29) is 12.1 Å². The fourth-order valence-electron chi connectivity index (χ4n) is 3.17. The molecule has 2 unspecified atom stereocenters. The molecule has 1 fully saturated rings. The van der Waals surface area contributed by atoms with E-state index in [1.165, 1.54) is 0 Å². The largest absolute Gasteiger partial charge is 0.374 e. The Balaban J connectivity index is 1.95. The van der Waals surface area contributed by atoms with Gasteiger partial charge in [-0.1, -0.05) is 13.0 Å². The second-order valence-corrected chi connectivity index (χ2v) is 5.58. The summed E-state index contributed by atoms with van der Waals surface area (Å²) in [6, 6.07) is 6.33. The van der Waals surface area contributed by atoms with E-state index in [2.05, 4.69) is 27.7 Å². The van der Waals surface area contributed by atoms with Gasteiger partial charge in [0.25, 0.3) is 0 Å². The molecule has 1 N–H and O–H groups in total. The zero-order chi connectivity index (χ0) is 14.7. The van der Waals surface area contributed by atoms with Gasteiger partial charge >= 0.3 is 0 Å². The first kappa shape index (κ1) is 14.5. The number of pyridine rings is 1. The number of ether oxygens (including phenoxy) is 1. The molecule has 5 nitrogen and oxygen atoms in total. The summed E-state index contributed by atoms with van der Waals surface area (Å²) in [7, 11) is 1.98. The van der Waals surface area contributed by atoms with Gasteiger partial charge in [0.1, 0.15) is 5.65 Å². The van der Waals surface area contributed by atoms with Crippen LogP contribution in [0.15, 0.2) is 30.6 Å². The Bertz CT molecular complexity index is 531. The van der Waals surface area contributed by atoms with Gasteiger partial charge in [-0.3, -0.25) is 4.90 Å². The van der Waals surface area contributed by atoms with E-state index < -0.39 is 0 Å². The van der Waals surface area contributed by atoms with E-state index in [0.717, 1.165) is 44.0 Å². The number of fused-ring (bicyclic) bond motifs is 1. The molecule has 114 valence electrons. The molecule has 0 aliphatic carbocycles. The molecular weight excluding hydrogens is 264 g/mol. The molecule has 3 heterocycles. The van der Waals surface area contributed by atoms with Gasteiger partial charge in [-0.15, -0.1) is 0 Å². The van der Waals surface area contributed by atoms with Gasteiger partial charge in [0, 0.05) is 25.5 Å². The number of nitrogens with zero attached hydrogens (tertiary/aromatic N) is 3. The average Bonchev–Trinajstić information content (AvgIpc) is 2.91. The Morgan fingerprint density at radius 2 is 2.33 bits per heavy atom. The van der Waals surface area contributed by atoms with Crippen molar-refractivity contribution in [1.82, 2.24) is 19.6 Å². The van der Waals surface area contributed by atoms with Crippen LogP contribution in [0, 0.1) is 0 Å². The Labute approximate surface area is 125 Å². The van der Waals surface area contributed by atoms with Crippen molar-refractivity contribution < 1.29 is 4.74 Å². The first-order chi connectivity index (χ1) is 10.3. The van der Waals surface area contributed by atoms with Crippen LogP contribution in [-0.4, -0.2) is 53.7 Å². The van der Waals surface area contributed by atoms with Gasteiger partial charge in [0.2, 0.25) is 0 Å². The molecule has 21 heavy (non-hydrogen) atoms. The van der Waals surface area contributed by atoms with Crippen molar-refractivity contribution in [1.29, 1.82) is 0 Å². The van der Waals surface area contributed by atoms with Crippen molar-refractivity contribution in [3.05, 3.63) is 36.3 Å². The van der Waals surface area contributed by atoms with Gasteiger partial charge in [-0.05, 0) is 32.1 Å². The zero-order valence-electron chi connectivity index (χ0n) is 12.8. The van der Waals surface area contributed by atoms with Crippen molar-refractivity contribution in [2.24, 2.45) is 0 Å². The molecule has 2 atom stereocenters. The monoisotopic (exact) mass is 288 g/mol. The quantitative estimate of drug-likeness (QED) is 0.909. The second kappa shape index (κ2) is 6.56. The second-order valence-electron chi connectivity index (χ2n) is 5.58. The van der Waals surface area contributed by atoms with Crippen LogP contribution >= 0.6 is 0 Å². The summed E-state index contributed by atoms with van der Waals surface area (Å²) in [5, 5.41) is 3.25. The molecular formula is C16H24N4O. The standard InChI is InChI=1S/C16H24N4O/c1-3-7-19-9-10-21-14(11-17-2)16(19)13-12-20-8-5-4-6-15(20)18-13/h4-6,8,12,14,16-17H,3,7,9-11H2,1-2H3. The van der Waals surface area contributed by atoms with Gasteiger partial charge in [0.05, 0.1) is 24.4 Å². The van der Waals surface area contributed by atoms with E-state index in [1.54, 1.807) is 0 Å². The Kier molecular flexibility index (Phi) is 4.53. The lowest BCUT2D eigenvalue weighted by Crippen LogP contribution is -2.49. The average molecular weight is 288 g/mol. The predicted octanol–water partition coefficient (Wildman–Crippen LogP) is 1.71. The summed E-state index contributed by atoms with van der Waals surface area (Å²) >= 11 is 0. The number of hydrogen-bond acceptors (Lipinski definition) is 4. The number of likely N-dealkylation sites (N-methyl/N-ethyl adjacent to an activating group) is 1. The van der Waals surface area contributed by atoms with Crippen molar-refractivity contribution in [3.8, 4) is 0 Å². The van der Waals surface area contributed by atoms with Crippen molar-refractivity contribution >= 4 is 5.65 Å². The molecule has 0 radical (unpaired) electrons. The predicted molar refractivity (Wildman–Crippen MR) is 83.5 cm³/mol. The zero-order valence-corrected chi connectivity index (χ0v) is 12.8. The van der Waals surface area contributed by atoms with Gasteiger partial charge in [-0.25, -0.2) is 4.98 Å². The molecule has 0 spiro atoms. The molecule has 5 heteroatoms. The summed E-state index contributed by atoms with van der Waals surface area (Å²) in [5.74, 6) is 0. The lowest BCUT2D eigenvalue weighted by atomic mass is 10.0. The molecule has 0 amide bonds. The van der Waals surface area contributed by atoms with Crippen LogP contribution in [0.5, 0.6) is 0 Å². The fourth-order valence-corrected chi connectivity index (χ4v) is 3.17. The summed E-state index contributed by atoms with van der Waals surface area (Å²) in [6.45, 7) is 5.94. The lowest BCUT2D eigenvalue weighted by molar-refractivity contribution is -0.0716. The number of aromatic nitrogens is 2. The van der Waals surface area contributed by atoms with Crippen LogP contribution in [-0.2, 0) is 4.74 Å². The maximum atomic E-state index is 6.00. The summed E-state index contributed by atoms with van der Waals surface area (Å²) in [4.78, 5) is 7.32. The molecule has 3 rings (SSSR count). The highest BCUT2D eigenvalue weighted by molar-refractivity contribution is 5.40. The third-order valence-electron chi connectivity index (χ3n) is 4.06. The van der Waals surface area contributed by atoms with Crippen molar-refractivity contribution in [3.63, 3.8) is 0 Å². The topological polar surface area (TPSA) is 41.8 Å². The Hall–Kier alpha value is -1.43. The maximum absolute atomic E-state index is 6.00. The first-order valence-corrected chi connectivity index (χ1v) is 7.77. The van der Waals surface area contributed by atoms with Gasteiger partial charge in [0.15, 0.2) is 0 Å². The molecule has 0 aromatic carbocycles. The Morgan fingerprint density at radius 3 is 3.10 bits per heavy atom. The molecule has 2 aromatic heterocycles.